The highest BCUT2D eigenvalue weighted by molar-refractivity contribution is 7.86. The minimum atomic E-state index is -4.39. The Hall–Kier alpha value is -1.82. The van der Waals surface area contributed by atoms with E-state index in [1.54, 1.807) is 36.4 Å². The van der Waals surface area contributed by atoms with Crippen molar-refractivity contribution in [3.05, 3.63) is 70.8 Å². The highest BCUT2D eigenvalue weighted by Crippen LogP contribution is 2.32. The Morgan fingerprint density at radius 1 is 0.628 bits per heavy atom. The lowest BCUT2D eigenvalue weighted by Gasteiger charge is -2.30. The molecular weight excluding hydrogens is 585 g/mol. The number of unbranched alkanes of at least 4 members (excludes halogenated alkanes) is 13. The SMILES string of the molecule is CCCCCCCCCCCCCCCCc1cccc(C(C)(C)S(=O)(=O)[O-])c1C.O=S(=O)([O-])Cc1ccccc1.[NH4+].[NH4+]. The molecule has 0 aliphatic carbocycles. The van der Waals surface area contributed by atoms with Crippen LogP contribution in [-0.2, 0) is 37.2 Å². The number of benzene rings is 2. The Bertz CT molecular complexity index is 1200. The van der Waals surface area contributed by atoms with Gasteiger partial charge in [0.15, 0.2) is 0 Å². The van der Waals surface area contributed by atoms with E-state index in [-0.39, 0.29) is 12.3 Å². The summed E-state index contributed by atoms with van der Waals surface area (Å²) in [6.07, 6.45) is 19.8. The van der Waals surface area contributed by atoms with Gasteiger partial charge in [-0.15, -0.1) is 0 Å². The smallest absolute Gasteiger partial charge is 0.104 e. The Labute approximate surface area is 263 Å². The molecule has 0 aliphatic rings. The third-order valence-corrected chi connectivity index (χ3v) is 9.86. The molecule has 0 heterocycles. The van der Waals surface area contributed by atoms with Crippen LogP contribution in [0.4, 0.5) is 0 Å². The van der Waals surface area contributed by atoms with Crippen LogP contribution >= 0.6 is 0 Å². The van der Waals surface area contributed by atoms with Crippen molar-refractivity contribution >= 4 is 20.2 Å². The number of aryl methyl sites for hydroxylation is 1. The van der Waals surface area contributed by atoms with Crippen molar-refractivity contribution in [1.29, 1.82) is 0 Å². The standard InChI is InChI=1S/C26H46O3S.C7H8O3S.2H3N/c1-5-6-7-8-9-10-11-12-13-14-15-16-17-18-20-24-21-19-22-25(23(24)2)26(3,4)30(27,28)29;8-11(9,10)6-7-4-2-1-3-5-7;;/h19,21-22H,5-18,20H2,1-4H3,(H,27,28,29);1-5H,6H2,(H,8,9,10);2*1H3. The molecule has 0 amide bonds. The molecule has 0 spiro atoms. The quantitative estimate of drug-likeness (QED) is 0.113. The zero-order chi connectivity index (χ0) is 30.8. The molecule has 0 atom stereocenters. The molecule has 0 fully saturated rings. The summed E-state index contributed by atoms with van der Waals surface area (Å²) in [5.74, 6) is -0.423. The molecule has 8 N–H and O–H groups in total. The molecule has 2 rings (SSSR count). The molecule has 0 unspecified atom stereocenters. The van der Waals surface area contributed by atoms with Crippen LogP contribution < -0.4 is 12.3 Å². The lowest BCUT2D eigenvalue weighted by atomic mass is 9.91. The minimum absolute atomic E-state index is 0. The fourth-order valence-electron chi connectivity index (χ4n) is 5.03. The van der Waals surface area contributed by atoms with Crippen molar-refractivity contribution in [2.24, 2.45) is 0 Å². The van der Waals surface area contributed by atoms with E-state index in [0.717, 1.165) is 18.4 Å². The van der Waals surface area contributed by atoms with Gasteiger partial charge in [0.05, 0.1) is 20.6 Å². The maximum atomic E-state index is 11.7. The van der Waals surface area contributed by atoms with Crippen LogP contribution in [0.15, 0.2) is 48.5 Å². The van der Waals surface area contributed by atoms with E-state index in [0.29, 0.717) is 11.1 Å². The molecule has 0 aromatic heterocycles. The Morgan fingerprint density at radius 2 is 1.07 bits per heavy atom. The lowest BCUT2D eigenvalue weighted by molar-refractivity contribution is 0.427. The van der Waals surface area contributed by atoms with Gasteiger partial charge in [-0.05, 0) is 55.9 Å². The third-order valence-electron chi connectivity index (χ3n) is 7.71. The summed E-state index contributed by atoms with van der Waals surface area (Å²) in [5.41, 5.74) is 3.29. The van der Waals surface area contributed by atoms with Gasteiger partial charge in [0.25, 0.3) is 0 Å². The first kappa shape index (κ1) is 43.3. The van der Waals surface area contributed by atoms with Crippen molar-refractivity contribution in [1.82, 2.24) is 12.3 Å². The van der Waals surface area contributed by atoms with E-state index in [1.807, 2.05) is 13.0 Å². The van der Waals surface area contributed by atoms with Crippen LogP contribution in [0.2, 0.25) is 0 Å². The first-order chi connectivity index (χ1) is 19.3. The summed E-state index contributed by atoms with van der Waals surface area (Å²) in [6, 6.07) is 14.1. The summed E-state index contributed by atoms with van der Waals surface area (Å²) in [5, 5.41) is 0. The van der Waals surface area contributed by atoms with E-state index in [1.165, 1.54) is 103 Å². The number of hydrogen-bond donors (Lipinski definition) is 2. The predicted molar refractivity (Wildman–Crippen MR) is 180 cm³/mol. The topological polar surface area (TPSA) is 187 Å². The zero-order valence-corrected chi connectivity index (χ0v) is 29.3. The van der Waals surface area contributed by atoms with E-state index in [4.69, 9.17) is 0 Å². The predicted octanol–water partition coefficient (Wildman–Crippen LogP) is 9.28. The van der Waals surface area contributed by atoms with E-state index < -0.39 is 30.7 Å². The van der Waals surface area contributed by atoms with Crippen LogP contribution in [0.1, 0.15) is 133 Å². The van der Waals surface area contributed by atoms with E-state index in [9.17, 15) is 25.9 Å². The summed E-state index contributed by atoms with van der Waals surface area (Å²) >= 11 is 0. The summed E-state index contributed by atoms with van der Waals surface area (Å²) < 4.78 is 64.3. The van der Waals surface area contributed by atoms with Gasteiger partial charge in [0.1, 0.15) is 10.1 Å². The second-order valence-electron chi connectivity index (χ2n) is 11.6. The Morgan fingerprint density at radius 3 is 1.49 bits per heavy atom. The average Bonchev–Trinajstić information content (AvgIpc) is 2.89. The molecule has 8 nitrogen and oxygen atoms in total. The molecule has 0 saturated heterocycles. The number of hydrogen-bond acceptors (Lipinski definition) is 6. The van der Waals surface area contributed by atoms with Crippen molar-refractivity contribution in [2.75, 3.05) is 0 Å². The van der Waals surface area contributed by atoms with E-state index in [2.05, 4.69) is 13.0 Å². The monoisotopic (exact) mass is 644 g/mol. The van der Waals surface area contributed by atoms with Crippen LogP contribution in [0.5, 0.6) is 0 Å². The molecule has 250 valence electrons. The third kappa shape index (κ3) is 18.6. The molecular formula is C33H60N2O6S2. The highest BCUT2D eigenvalue weighted by Gasteiger charge is 2.30. The Balaban J connectivity index is 0. The van der Waals surface area contributed by atoms with Gasteiger partial charge in [0.2, 0.25) is 0 Å². The average molecular weight is 645 g/mol. The minimum Gasteiger partial charge on any atom is -0.748 e. The first-order valence-corrected chi connectivity index (χ1v) is 18.3. The van der Waals surface area contributed by atoms with Gasteiger partial charge in [0, 0.05) is 0 Å². The van der Waals surface area contributed by atoms with Crippen molar-refractivity contribution < 1.29 is 25.9 Å². The van der Waals surface area contributed by atoms with Gasteiger partial charge in [-0.3, -0.25) is 0 Å². The first-order valence-electron chi connectivity index (χ1n) is 15.3. The van der Waals surface area contributed by atoms with Gasteiger partial charge in [-0.2, -0.15) is 0 Å². The van der Waals surface area contributed by atoms with Gasteiger partial charge in [-0.1, -0.05) is 139 Å². The van der Waals surface area contributed by atoms with Crippen LogP contribution in [-0.4, -0.2) is 25.9 Å². The number of quaternary nitrogens is 2. The molecule has 0 bridgehead atoms. The van der Waals surface area contributed by atoms with Gasteiger partial charge < -0.3 is 21.4 Å². The molecule has 2 aromatic carbocycles. The summed E-state index contributed by atoms with van der Waals surface area (Å²) in [6.45, 7) is 7.23. The highest BCUT2D eigenvalue weighted by atomic mass is 32.2. The molecule has 43 heavy (non-hydrogen) atoms. The number of rotatable bonds is 19. The van der Waals surface area contributed by atoms with E-state index >= 15 is 0 Å². The molecule has 0 aliphatic heterocycles. The molecule has 0 saturated carbocycles. The normalized spacial score (nSPS) is 11.6. The van der Waals surface area contributed by atoms with Crippen molar-refractivity contribution in [3.8, 4) is 0 Å². The van der Waals surface area contributed by atoms with Crippen LogP contribution in [0.25, 0.3) is 0 Å². The summed E-state index contributed by atoms with van der Waals surface area (Å²) in [7, 11) is -8.52. The maximum absolute atomic E-state index is 11.7. The maximum Gasteiger partial charge on any atom is 0.104 e. The second-order valence-corrected chi connectivity index (χ2v) is 14.9. The fourth-order valence-corrected chi connectivity index (χ4v) is 6.12. The molecule has 0 radical (unpaired) electrons. The molecule has 10 heteroatoms. The zero-order valence-electron chi connectivity index (χ0n) is 27.7. The van der Waals surface area contributed by atoms with Gasteiger partial charge in [-0.25, -0.2) is 16.8 Å². The van der Waals surface area contributed by atoms with Gasteiger partial charge >= 0.3 is 0 Å². The van der Waals surface area contributed by atoms with Crippen LogP contribution in [0, 0.1) is 6.92 Å². The van der Waals surface area contributed by atoms with Crippen LogP contribution in [0.3, 0.4) is 0 Å². The fraction of sp³-hybridized carbons (Fsp3) is 0.636. The molecule has 2 aromatic rings. The summed E-state index contributed by atoms with van der Waals surface area (Å²) in [4.78, 5) is 0. The largest absolute Gasteiger partial charge is 0.748 e. The van der Waals surface area contributed by atoms with Crippen molar-refractivity contribution in [3.63, 3.8) is 0 Å². The second kappa shape index (κ2) is 22.7. The Kier molecular flexibility index (Phi) is 22.8. The lowest BCUT2D eigenvalue weighted by Crippen LogP contribution is -2.30. The van der Waals surface area contributed by atoms with Crippen molar-refractivity contribution in [2.45, 2.75) is 135 Å².